The van der Waals surface area contributed by atoms with E-state index in [-0.39, 0.29) is 5.76 Å². The van der Waals surface area contributed by atoms with Gasteiger partial charge in [-0.05, 0) is 52.3 Å². The van der Waals surface area contributed by atoms with E-state index in [0.29, 0.717) is 32.6 Å². The SMILES string of the molecule is O=C(NNC(=O)c1cc(-c2ccco2)nc2ccccc12)c1ccc(Br)o1. The summed E-state index contributed by atoms with van der Waals surface area (Å²) in [6.07, 6.45) is 1.54. The lowest BCUT2D eigenvalue weighted by atomic mass is 10.1. The number of para-hydroxylation sites is 1. The number of hydrogen-bond donors (Lipinski definition) is 2. The van der Waals surface area contributed by atoms with Gasteiger partial charge in [0.2, 0.25) is 0 Å². The Kier molecular flexibility index (Phi) is 4.47. The number of aromatic nitrogens is 1. The van der Waals surface area contributed by atoms with Crippen molar-refractivity contribution in [2.45, 2.75) is 0 Å². The lowest BCUT2D eigenvalue weighted by molar-refractivity contribution is 0.0831. The highest BCUT2D eigenvalue weighted by Gasteiger charge is 2.17. The fourth-order valence-corrected chi connectivity index (χ4v) is 2.90. The van der Waals surface area contributed by atoms with Gasteiger partial charge in [0.25, 0.3) is 5.91 Å². The van der Waals surface area contributed by atoms with Crippen molar-refractivity contribution in [1.29, 1.82) is 0 Å². The second-order valence-corrected chi connectivity index (χ2v) is 6.34. The third kappa shape index (κ3) is 3.47. The van der Waals surface area contributed by atoms with Crippen LogP contribution in [0.4, 0.5) is 0 Å². The third-order valence-corrected chi connectivity index (χ3v) is 4.25. The molecule has 0 fully saturated rings. The molecule has 0 atom stereocenters. The fourth-order valence-electron chi connectivity index (χ4n) is 2.59. The maximum Gasteiger partial charge on any atom is 0.305 e. The monoisotopic (exact) mass is 425 g/mol. The molecule has 0 aliphatic carbocycles. The molecule has 7 nitrogen and oxygen atoms in total. The zero-order valence-corrected chi connectivity index (χ0v) is 15.3. The molecule has 0 aliphatic rings. The summed E-state index contributed by atoms with van der Waals surface area (Å²) in [5, 5.41) is 0.653. The number of nitrogens with zero attached hydrogens (tertiary/aromatic N) is 1. The third-order valence-electron chi connectivity index (χ3n) is 3.82. The van der Waals surface area contributed by atoms with E-state index in [2.05, 4.69) is 31.8 Å². The number of fused-ring (bicyclic) bond motifs is 1. The van der Waals surface area contributed by atoms with Crippen molar-refractivity contribution in [3.63, 3.8) is 0 Å². The van der Waals surface area contributed by atoms with Crippen molar-refractivity contribution >= 4 is 38.6 Å². The molecule has 0 spiro atoms. The number of hydrazine groups is 1. The molecular formula is C19H12BrN3O4. The van der Waals surface area contributed by atoms with Crippen LogP contribution in [0.3, 0.4) is 0 Å². The zero-order chi connectivity index (χ0) is 18.8. The van der Waals surface area contributed by atoms with Gasteiger partial charge in [-0.15, -0.1) is 0 Å². The van der Waals surface area contributed by atoms with E-state index >= 15 is 0 Å². The van der Waals surface area contributed by atoms with Gasteiger partial charge in [0.1, 0.15) is 5.69 Å². The molecule has 0 bridgehead atoms. The van der Waals surface area contributed by atoms with E-state index in [4.69, 9.17) is 8.83 Å². The van der Waals surface area contributed by atoms with Crippen LogP contribution in [-0.4, -0.2) is 16.8 Å². The number of furan rings is 2. The number of amides is 2. The topological polar surface area (TPSA) is 97.4 Å². The standard InChI is InChI=1S/C19H12BrN3O4/c20-17-8-7-16(27-17)19(25)23-22-18(24)12-10-14(15-6-3-9-26-15)21-13-5-2-1-4-11(12)13/h1-10H,(H,22,24)(H,23,25). The van der Waals surface area contributed by atoms with Crippen LogP contribution < -0.4 is 10.9 Å². The van der Waals surface area contributed by atoms with Crippen molar-refractivity contribution in [1.82, 2.24) is 15.8 Å². The first-order valence-electron chi connectivity index (χ1n) is 7.91. The lowest BCUT2D eigenvalue weighted by Crippen LogP contribution is -2.41. The van der Waals surface area contributed by atoms with Crippen LogP contribution in [-0.2, 0) is 0 Å². The summed E-state index contributed by atoms with van der Waals surface area (Å²) >= 11 is 3.12. The molecular weight excluding hydrogens is 414 g/mol. The maximum absolute atomic E-state index is 12.7. The van der Waals surface area contributed by atoms with Gasteiger partial charge < -0.3 is 8.83 Å². The Morgan fingerprint density at radius 1 is 0.963 bits per heavy atom. The largest absolute Gasteiger partial charge is 0.463 e. The van der Waals surface area contributed by atoms with Gasteiger partial charge in [-0.1, -0.05) is 18.2 Å². The second-order valence-electron chi connectivity index (χ2n) is 5.56. The predicted octanol–water partition coefficient (Wildman–Crippen LogP) is 3.93. The minimum atomic E-state index is -0.571. The highest BCUT2D eigenvalue weighted by atomic mass is 79.9. The summed E-state index contributed by atoms with van der Waals surface area (Å²) in [5.41, 5.74) is 6.24. The fraction of sp³-hybridized carbons (Fsp3) is 0. The average Bonchev–Trinajstić information content (AvgIpc) is 3.37. The van der Waals surface area contributed by atoms with Crippen LogP contribution >= 0.6 is 15.9 Å². The van der Waals surface area contributed by atoms with E-state index in [1.165, 1.54) is 12.3 Å². The summed E-state index contributed by atoms with van der Waals surface area (Å²) in [4.78, 5) is 29.3. The van der Waals surface area contributed by atoms with Gasteiger partial charge in [0.05, 0.1) is 17.3 Å². The number of pyridine rings is 1. The molecule has 0 aliphatic heterocycles. The number of carbonyl (C=O) groups is 2. The number of benzene rings is 1. The molecule has 8 heteroatoms. The first kappa shape index (κ1) is 17.0. The molecule has 2 amide bonds. The molecule has 27 heavy (non-hydrogen) atoms. The van der Waals surface area contributed by atoms with E-state index in [9.17, 15) is 9.59 Å². The van der Waals surface area contributed by atoms with Crippen LogP contribution in [0.15, 0.2) is 74.4 Å². The highest BCUT2D eigenvalue weighted by Crippen LogP contribution is 2.25. The molecule has 4 rings (SSSR count). The predicted molar refractivity (Wildman–Crippen MR) is 101 cm³/mol. The Balaban J connectivity index is 1.63. The van der Waals surface area contributed by atoms with Crippen LogP contribution in [0.1, 0.15) is 20.9 Å². The van der Waals surface area contributed by atoms with Crippen molar-refractivity contribution in [2.75, 3.05) is 0 Å². The molecule has 3 heterocycles. The first-order chi connectivity index (χ1) is 13.1. The first-order valence-corrected chi connectivity index (χ1v) is 8.71. The number of rotatable bonds is 3. The summed E-state index contributed by atoms with van der Waals surface area (Å²) in [6.45, 7) is 0. The number of carbonyl (C=O) groups excluding carboxylic acids is 2. The van der Waals surface area contributed by atoms with Crippen LogP contribution in [0.2, 0.25) is 0 Å². The van der Waals surface area contributed by atoms with E-state index in [1.54, 1.807) is 36.4 Å². The maximum atomic E-state index is 12.7. The van der Waals surface area contributed by atoms with Crippen LogP contribution in [0.5, 0.6) is 0 Å². The Hall–Kier alpha value is -3.39. The van der Waals surface area contributed by atoms with E-state index in [1.807, 2.05) is 12.1 Å². The average molecular weight is 426 g/mol. The second kappa shape index (κ2) is 7.08. The van der Waals surface area contributed by atoms with Gasteiger partial charge in [-0.3, -0.25) is 20.4 Å². The van der Waals surface area contributed by atoms with Gasteiger partial charge in [-0.2, -0.15) is 0 Å². The molecule has 2 N–H and O–H groups in total. The van der Waals surface area contributed by atoms with Crippen LogP contribution in [0, 0.1) is 0 Å². The normalized spacial score (nSPS) is 10.7. The van der Waals surface area contributed by atoms with Crippen LogP contribution in [0.25, 0.3) is 22.4 Å². The zero-order valence-electron chi connectivity index (χ0n) is 13.7. The molecule has 0 unspecified atom stereocenters. The number of nitrogens with one attached hydrogen (secondary N) is 2. The van der Waals surface area contributed by atoms with Crippen molar-refractivity contribution in [3.05, 3.63) is 76.9 Å². The summed E-state index contributed by atoms with van der Waals surface area (Å²) in [6, 6.07) is 15.4. The molecule has 1 aromatic carbocycles. The molecule has 134 valence electrons. The minimum absolute atomic E-state index is 0.0676. The molecule has 3 aromatic heterocycles. The van der Waals surface area contributed by atoms with E-state index < -0.39 is 11.8 Å². The Bertz CT molecular complexity index is 1140. The Morgan fingerprint density at radius 3 is 2.52 bits per heavy atom. The van der Waals surface area contributed by atoms with E-state index in [0.717, 1.165) is 0 Å². The summed E-state index contributed by atoms with van der Waals surface area (Å²) < 4.78 is 11.0. The molecule has 0 radical (unpaired) electrons. The van der Waals surface area contributed by atoms with Gasteiger partial charge >= 0.3 is 5.91 Å². The minimum Gasteiger partial charge on any atom is -0.463 e. The quantitative estimate of drug-likeness (QED) is 0.484. The number of halogens is 1. The van der Waals surface area contributed by atoms with Crippen molar-refractivity contribution in [3.8, 4) is 11.5 Å². The molecule has 0 saturated carbocycles. The summed E-state index contributed by atoms with van der Waals surface area (Å²) in [5.74, 6) is -0.448. The van der Waals surface area contributed by atoms with Gasteiger partial charge in [0.15, 0.2) is 16.2 Å². The Morgan fingerprint density at radius 2 is 1.78 bits per heavy atom. The smallest absolute Gasteiger partial charge is 0.305 e. The molecule has 0 saturated heterocycles. The number of hydrogen-bond acceptors (Lipinski definition) is 5. The van der Waals surface area contributed by atoms with Gasteiger partial charge in [0, 0.05) is 5.39 Å². The van der Waals surface area contributed by atoms with Crippen molar-refractivity contribution < 1.29 is 18.4 Å². The summed E-state index contributed by atoms with van der Waals surface area (Å²) in [7, 11) is 0. The van der Waals surface area contributed by atoms with Crippen molar-refractivity contribution in [2.24, 2.45) is 0 Å². The van der Waals surface area contributed by atoms with Gasteiger partial charge in [-0.25, -0.2) is 4.98 Å². The molecule has 4 aromatic rings. The lowest BCUT2D eigenvalue weighted by Gasteiger charge is -2.10. The Labute approximate surface area is 161 Å². The highest BCUT2D eigenvalue weighted by molar-refractivity contribution is 9.10.